The molecule has 1 unspecified atom stereocenters. The smallest absolute Gasteiger partial charge is 0.303 e. The van der Waals surface area contributed by atoms with E-state index in [0.29, 0.717) is 22.9 Å². The average molecular weight is 393 g/mol. The van der Waals surface area contributed by atoms with Crippen LogP contribution in [-0.2, 0) is 22.4 Å². The van der Waals surface area contributed by atoms with Gasteiger partial charge in [-0.15, -0.1) is 11.3 Å². The van der Waals surface area contributed by atoms with Crippen LogP contribution in [0.5, 0.6) is 0 Å². The van der Waals surface area contributed by atoms with Crippen molar-refractivity contribution in [1.29, 1.82) is 0 Å². The van der Waals surface area contributed by atoms with Gasteiger partial charge in [0.1, 0.15) is 5.00 Å². The predicted molar refractivity (Wildman–Crippen MR) is 105 cm³/mol. The zero-order valence-corrected chi connectivity index (χ0v) is 16.6. The number of aliphatic carboxylic acids is 1. The number of carbonyl (C=O) groups is 3. The molecule has 0 bridgehead atoms. The summed E-state index contributed by atoms with van der Waals surface area (Å²) in [6.07, 6.45) is 7.63. The van der Waals surface area contributed by atoms with E-state index in [1.807, 2.05) is 0 Å². The highest BCUT2D eigenvalue weighted by molar-refractivity contribution is 7.17. The van der Waals surface area contributed by atoms with E-state index in [2.05, 4.69) is 17.6 Å². The molecule has 0 aliphatic heterocycles. The Balaban J connectivity index is 1.76. The van der Waals surface area contributed by atoms with Gasteiger partial charge < -0.3 is 15.7 Å². The average Bonchev–Trinajstić information content (AvgIpc) is 3.21. The lowest BCUT2D eigenvalue weighted by Crippen LogP contribution is -2.33. The van der Waals surface area contributed by atoms with Gasteiger partial charge in [0.25, 0.3) is 5.91 Å². The summed E-state index contributed by atoms with van der Waals surface area (Å²) in [5.74, 6) is -0.617. The van der Waals surface area contributed by atoms with E-state index in [-0.39, 0.29) is 30.7 Å². The van der Waals surface area contributed by atoms with Crippen molar-refractivity contribution in [3.63, 3.8) is 0 Å². The first-order chi connectivity index (χ1) is 12.9. The molecular formula is C20H28N2O4S. The first-order valence-corrected chi connectivity index (χ1v) is 10.7. The van der Waals surface area contributed by atoms with Crippen LogP contribution in [0, 0.1) is 5.92 Å². The van der Waals surface area contributed by atoms with Crippen molar-refractivity contribution in [3.05, 3.63) is 16.0 Å². The van der Waals surface area contributed by atoms with Gasteiger partial charge in [-0.2, -0.15) is 0 Å². The zero-order valence-electron chi connectivity index (χ0n) is 15.8. The summed E-state index contributed by atoms with van der Waals surface area (Å²) in [5.41, 5.74) is 1.73. The number of fused-ring (bicyclic) bond motifs is 1. The number of amides is 2. The van der Waals surface area contributed by atoms with Gasteiger partial charge in [0.15, 0.2) is 0 Å². The largest absolute Gasteiger partial charge is 0.481 e. The molecule has 1 aromatic rings. The minimum absolute atomic E-state index is 0.0269. The quantitative estimate of drug-likeness (QED) is 0.659. The van der Waals surface area contributed by atoms with E-state index in [1.165, 1.54) is 16.2 Å². The fourth-order valence-corrected chi connectivity index (χ4v) is 5.42. The lowest BCUT2D eigenvalue weighted by molar-refractivity contribution is -0.137. The molecule has 1 aromatic heterocycles. The monoisotopic (exact) mass is 392 g/mol. The van der Waals surface area contributed by atoms with Gasteiger partial charge in [-0.3, -0.25) is 14.4 Å². The Morgan fingerprint density at radius 2 is 1.89 bits per heavy atom. The number of hydrogen-bond donors (Lipinski definition) is 3. The van der Waals surface area contributed by atoms with Crippen LogP contribution < -0.4 is 10.6 Å². The van der Waals surface area contributed by atoms with E-state index in [0.717, 1.165) is 50.5 Å². The number of carboxylic acids is 1. The summed E-state index contributed by atoms with van der Waals surface area (Å²) in [5, 5.41) is 15.4. The SMILES string of the molecule is CC1CCc2c(sc(NC(=O)CCCC(=O)O)c2C(=O)NC2CCCC2)C1. The van der Waals surface area contributed by atoms with Crippen LogP contribution in [-0.4, -0.2) is 28.9 Å². The van der Waals surface area contributed by atoms with Crippen molar-refractivity contribution < 1.29 is 19.5 Å². The normalized spacial score (nSPS) is 19.5. The maximum atomic E-state index is 13.0. The van der Waals surface area contributed by atoms with Crippen LogP contribution in [0.25, 0.3) is 0 Å². The predicted octanol–water partition coefficient (Wildman–Crippen LogP) is 3.74. The molecule has 0 spiro atoms. The third kappa shape index (κ3) is 5.09. The minimum atomic E-state index is -0.903. The molecule has 7 heteroatoms. The van der Waals surface area contributed by atoms with Crippen LogP contribution in [0.3, 0.4) is 0 Å². The van der Waals surface area contributed by atoms with E-state index in [9.17, 15) is 14.4 Å². The summed E-state index contributed by atoms with van der Waals surface area (Å²) < 4.78 is 0. The molecular weight excluding hydrogens is 364 g/mol. The molecule has 2 aliphatic carbocycles. The molecule has 2 amide bonds. The number of rotatable bonds is 7. The van der Waals surface area contributed by atoms with Crippen molar-refractivity contribution in [2.24, 2.45) is 5.92 Å². The van der Waals surface area contributed by atoms with E-state index >= 15 is 0 Å². The Labute approximate surface area is 163 Å². The molecule has 1 saturated carbocycles. The second kappa shape index (κ2) is 8.87. The second-order valence-electron chi connectivity index (χ2n) is 7.81. The zero-order chi connectivity index (χ0) is 19.4. The maximum absolute atomic E-state index is 13.0. The van der Waals surface area contributed by atoms with Crippen LogP contribution in [0.1, 0.15) is 79.1 Å². The third-order valence-corrected chi connectivity index (χ3v) is 6.65. The molecule has 6 nitrogen and oxygen atoms in total. The number of nitrogens with one attached hydrogen (secondary N) is 2. The fourth-order valence-electron chi connectivity index (χ4n) is 4.00. The highest BCUT2D eigenvalue weighted by Crippen LogP contribution is 2.40. The summed E-state index contributed by atoms with van der Waals surface area (Å²) >= 11 is 1.51. The molecule has 0 radical (unpaired) electrons. The van der Waals surface area contributed by atoms with E-state index in [4.69, 9.17) is 5.11 Å². The van der Waals surface area contributed by atoms with Crippen molar-refractivity contribution in [1.82, 2.24) is 5.32 Å². The van der Waals surface area contributed by atoms with Crippen LogP contribution in [0.2, 0.25) is 0 Å². The fraction of sp³-hybridized carbons (Fsp3) is 0.650. The molecule has 1 fully saturated rings. The van der Waals surface area contributed by atoms with Gasteiger partial charge in [-0.05, 0) is 50.0 Å². The number of thiophene rings is 1. The molecule has 2 aliphatic rings. The van der Waals surface area contributed by atoms with Gasteiger partial charge in [-0.25, -0.2) is 0 Å². The molecule has 0 aromatic carbocycles. The van der Waals surface area contributed by atoms with E-state index in [1.54, 1.807) is 0 Å². The van der Waals surface area contributed by atoms with E-state index < -0.39 is 5.97 Å². The van der Waals surface area contributed by atoms with Crippen molar-refractivity contribution in [3.8, 4) is 0 Å². The van der Waals surface area contributed by atoms with Gasteiger partial charge in [0.2, 0.25) is 5.91 Å². The van der Waals surface area contributed by atoms with Gasteiger partial charge in [-0.1, -0.05) is 19.8 Å². The van der Waals surface area contributed by atoms with Gasteiger partial charge in [0.05, 0.1) is 5.56 Å². The number of carbonyl (C=O) groups excluding carboxylic acids is 2. The van der Waals surface area contributed by atoms with Crippen molar-refractivity contribution in [2.45, 2.75) is 77.2 Å². The minimum Gasteiger partial charge on any atom is -0.481 e. The molecule has 27 heavy (non-hydrogen) atoms. The summed E-state index contributed by atoms with van der Waals surface area (Å²) in [6, 6.07) is 0.231. The highest BCUT2D eigenvalue weighted by atomic mass is 32.1. The third-order valence-electron chi connectivity index (χ3n) is 5.48. The molecule has 3 rings (SSSR count). The Bertz CT molecular complexity index is 722. The summed E-state index contributed by atoms with van der Waals surface area (Å²) in [6.45, 7) is 2.21. The molecule has 3 N–H and O–H groups in total. The maximum Gasteiger partial charge on any atom is 0.303 e. The summed E-state index contributed by atoms with van der Waals surface area (Å²) in [4.78, 5) is 37.1. The van der Waals surface area contributed by atoms with Gasteiger partial charge >= 0.3 is 5.97 Å². The Hall–Kier alpha value is -1.89. The molecule has 1 atom stereocenters. The van der Waals surface area contributed by atoms with Gasteiger partial charge in [0, 0.05) is 23.8 Å². The highest BCUT2D eigenvalue weighted by Gasteiger charge is 2.29. The number of anilines is 1. The summed E-state index contributed by atoms with van der Waals surface area (Å²) in [7, 11) is 0. The second-order valence-corrected chi connectivity index (χ2v) is 8.91. The lowest BCUT2D eigenvalue weighted by Gasteiger charge is -2.19. The Morgan fingerprint density at radius 3 is 2.59 bits per heavy atom. The molecule has 0 saturated heterocycles. The molecule has 148 valence electrons. The number of carboxylic acid groups (broad SMARTS) is 1. The first-order valence-electron chi connectivity index (χ1n) is 9.91. The van der Waals surface area contributed by atoms with Crippen LogP contribution >= 0.6 is 11.3 Å². The topological polar surface area (TPSA) is 95.5 Å². The van der Waals surface area contributed by atoms with Crippen molar-refractivity contribution >= 4 is 34.1 Å². The van der Waals surface area contributed by atoms with Crippen molar-refractivity contribution in [2.75, 3.05) is 5.32 Å². The molecule has 1 heterocycles. The Kier molecular flexibility index (Phi) is 6.52. The first kappa shape index (κ1) is 19.9. The Morgan fingerprint density at radius 1 is 1.15 bits per heavy atom. The lowest BCUT2D eigenvalue weighted by atomic mass is 9.88. The number of hydrogen-bond acceptors (Lipinski definition) is 4. The van der Waals surface area contributed by atoms with Crippen LogP contribution in [0.15, 0.2) is 0 Å². The van der Waals surface area contributed by atoms with Crippen LogP contribution in [0.4, 0.5) is 5.00 Å². The standard InChI is InChI=1S/C20H28N2O4S/c1-12-9-10-14-15(11-12)27-20(22-16(23)7-4-8-17(24)25)18(14)19(26)21-13-5-2-3-6-13/h12-13H,2-11H2,1H3,(H,21,26)(H,22,23)(H,24,25).